The summed E-state index contributed by atoms with van der Waals surface area (Å²) in [5.74, 6) is -0.741. The number of primary sulfonamides is 1. The smallest absolute Gasteiger partial charge is 0.309 e. The van der Waals surface area contributed by atoms with Crippen molar-refractivity contribution in [1.29, 1.82) is 0 Å². The zero-order chi connectivity index (χ0) is 23.9. The Morgan fingerprint density at radius 2 is 1.48 bits per heavy atom. The maximum Gasteiger partial charge on any atom is 0.309 e. The first-order valence-electron chi connectivity index (χ1n) is 9.81. The van der Waals surface area contributed by atoms with Crippen molar-refractivity contribution in [1.82, 2.24) is 4.90 Å². The number of aliphatic hydroxyl groups excluding tert-OH is 1. The van der Waals surface area contributed by atoms with Crippen molar-refractivity contribution >= 4 is 16.0 Å². The Hall–Kier alpha value is -0.740. The summed E-state index contributed by atoms with van der Waals surface area (Å²) in [5.41, 5.74) is -1.06. The summed E-state index contributed by atoms with van der Waals surface area (Å²) in [7, 11) is -1.58. The van der Waals surface area contributed by atoms with Crippen molar-refractivity contribution in [2.75, 3.05) is 26.9 Å². The van der Waals surface area contributed by atoms with Crippen LogP contribution in [0.15, 0.2) is 0 Å². The molecular formula is C20H44N2O6S. The molecule has 4 N–H and O–H groups in total. The van der Waals surface area contributed by atoms with E-state index >= 15 is 0 Å². The number of ether oxygens (including phenoxy) is 1. The average Bonchev–Trinajstić information content (AvgIpc) is 2.49. The highest BCUT2D eigenvalue weighted by molar-refractivity contribution is 7.90. The minimum atomic E-state index is -3.60. The molecule has 0 heterocycles. The quantitative estimate of drug-likeness (QED) is 0.421. The fraction of sp³-hybridized carbons (Fsp3) is 0.950. The molecule has 9 heteroatoms. The number of nitrogens with zero attached hydrogens (tertiary/aromatic N) is 1. The Morgan fingerprint density at radius 1 is 1.03 bits per heavy atom. The van der Waals surface area contributed by atoms with Gasteiger partial charge in [0, 0.05) is 0 Å². The van der Waals surface area contributed by atoms with Crippen molar-refractivity contribution in [3.05, 3.63) is 0 Å². The molecule has 0 atom stereocenters. The van der Waals surface area contributed by atoms with Crippen LogP contribution in [0.4, 0.5) is 0 Å². The van der Waals surface area contributed by atoms with Crippen LogP contribution in [0.25, 0.3) is 0 Å². The monoisotopic (exact) mass is 440 g/mol. The zero-order valence-corrected chi connectivity index (χ0v) is 20.8. The predicted molar refractivity (Wildman–Crippen MR) is 117 cm³/mol. The van der Waals surface area contributed by atoms with Gasteiger partial charge in [0.25, 0.3) is 0 Å². The Bertz CT molecular complexity index is 612. The third-order valence-corrected chi connectivity index (χ3v) is 6.44. The third-order valence-electron chi connectivity index (χ3n) is 4.77. The second-order valence-corrected chi connectivity index (χ2v) is 12.6. The number of hydrogen-bond acceptors (Lipinski definition) is 6. The number of aliphatic hydroxyl groups is 1. The lowest BCUT2D eigenvalue weighted by Crippen LogP contribution is -2.40. The van der Waals surface area contributed by atoms with Gasteiger partial charge in [-0.2, -0.15) is 0 Å². The van der Waals surface area contributed by atoms with E-state index in [1.807, 2.05) is 7.05 Å². The lowest BCUT2D eigenvalue weighted by atomic mass is 9.70. The Kier molecular flexibility index (Phi) is 11.6. The third kappa shape index (κ3) is 12.5. The van der Waals surface area contributed by atoms with Crippen molar-refractivity contribution < 1.29 is 28.2 Å². The molecule has 0 spiro atoms. The molecule has 0 unspecified atom stereocenters. The number of hydrogen-bond donors (Lipinski definition) is 3. The molecule has 176 valence electrons. The summed E-state index contributed by atoms with van der Waals surface area (Å²) in [6.07, 6.45) is 1.46. The normalized spacial score (nSPS) is 13.8. The molecule has 0 bridgehead atoms. The van der Waals surface area contributed by atoms with E-state index in [-0.39, 0.29) is 11.0 Å². The van der Waals surface area contributed by atoms with Crippen LogP contribution in [-0.2, 0) is 19.6 Å². The molecule has 0 saturated heterocycles. The molecule has 0 radical (unpaired) electrons. The van der Waals surface area contributed by atoms with Crippen LogP contribution >= 0.6 is 0 Å². The fourth-order valence-electron chi connectivity index (χ4n) is 3.00. The summed E-state index contributed by atoms with van der Waals surface area (Å²) in [6.45, 7) is 17.9. The van der Waals surface area contributed by atoms with Gasteiger partial charge in [-0.1, -0.05) is 20.8 Å². The topological polar surface area (TPSA) is 130 Å². The van der Waals surface area contributed by atoms with Gasteiger partial charge in [-0.15, -0.1) is 0 Å². The van der Waals surface area contributed by atoms with Crippen molar-refractivity contribution in [3.8, 4) is 0 Å². The van der Waals surface area contributed by atoms with E-state index in [0.29, 0.717) is 13.2 Å². The molecule has 0 fully saturated rings. The average molecular weight is 441 g/mol. The first kappa shape index (κ1) is 30.5. The van der Waals surface area contributed by atoms with E-state index in [1.54, 1.807) is 13.8 Å². The predicted octanol–water partition coefficient (Wildman–Crippen LogP) is 2.65. The van der Waals surface area contributed by atoms with E-state index in [4.69, 9.17) is 15.0 Å². The maximum atomic E-state index is 11.3. The van der Waals surface area contributed by atoms with Crippen LogP contribution in [0, 0.1) is 10.8 Å². The van der Waals surface area contributed by atoms with Gasteiger partial charge in [0.15, 0.2) is 0 Å². The van der Waals surface area contributed by atoms with Gasteiger partial charge in [-0.25, -0.2) is 13.6 Å². The number of carbonyl (C=O) groups is 1. The molecule has 0 aromatic rings. The van der Waals surface area contributed by atoms with E-state index in [2.05, 4.69) is 39.5 Å². The van der Waals surface area contributed by atoms with Crippen molar-refractivity contribution in [2.24, 2.45) is 16.0 Å². The summed E-state index contributed by atoms with van der Waals surface area (Å²) < 4.78 is 25.8. The van der Waals surface area contributed by atoms with Crippen LogP contribution in [0.2, 0.25) is 0 Å². The Labute approximate surface area is 177 Å². The number of aliphatic carboxylic acids is 1. The van der Waals surface area contributed by atoms with Crippen LogP contribution in [0.5, 0.6) is 0 Å². The molecule has 0 aliphatic rings. The number of rotatable bonds is 11. The molecule has 0 aromatic heterocycles. The highest BCUT2D eigenvalue weighted by atomic mass is 32.2. The van der Waals surface area contributed by atoms with Gasteiger partial charge < -0.3 is 14.9 Å². The summed E-state index contributed by atoms with van der Waals surface area (Å²) in [6, 6.07) is 0. The van der Waals surface area contributed by atoms with Gasteiger partial charge in [0.2, 0.25) is 10.0 Å². The molecule has 0 aliphatic carbocycles. The largest absolute Gasteiger partial charge is 0.481 e. The van der Waals surface area contributed by atoms with E-state index in [1.165, 1.54) is 13.8 Å². The first-order valence-corrected chi connectivity index (χ1v) is 11.4. The lowest BCUT2D eigenvalue weighted by molar-refractivity contribution is -0.150. The maximum absolute atomic E-state index is 11.3. The molecular weight excluding hydrogens is 396 g/mol. The highest BCUT2D eigenvalue weighted by Gasteiger charge is 2.38. The number of nitrogens with two attached hydrogens (primary N) is 1. The summed E-state index contributed by atoms with van der Waals surface area (Å²) in [5, 5.41) is 22.5. The fourth-order valence-corrected chi connectivity index (χ4v) is 3.18. The van der Waals surface area contributed by atoms with Gasteiger partial charge in [0.05, 0.1) is 24.4 Å². The van der Waals surface area contributed by atoms with E-state index < -0.39 is 32.8 Å². The lowest BCUT2D eigenvalue weighted by Gasteiger charge is -2.39. The standard InChI is InChI=1S/C16H33NO3.C4H11NO3S/c1-9-17(8)12-20-16(6,7)11-14(2,3)10-15(4,5)13(18)19;1-4(2,3-6)9(5,7)8/h9-12H2,1-8H3,(H,18,19);6H,3H2,1-2H3,(H2,5,7,8). The van der Waals surface area contributed by atoms with Gasteiger partial charge in [-0.3, -0.25) is 9.69 Å². The minimum absolute atomic E-state index is 0.0871. The van der Waals surface area contributed by atoms with Crippen LogP contribution < -0.4 is 5.14 Å². The van der Waals surface area contributed by atoms with Gasteiger partial charge in [-0.05, 0) is 73.4 Å². The van der Waals surface area contributed by atoms with Crippen LogP contribution in [-0.4, -0.2) is 66.8 Å². The van der Waals surface area contributed by atoms with E-state index in [0.717, 1.165) is 13.0 Å². The molecule has 0 saturated carbocycles. The summed E-state index contributed by atoms with van der Waals surface area (Å²) >= 11 is 0. The van der Waals surface area contributed by atoms with Crippen LogP contribution in [0.3, 0.4) is 0 Å². The Morgan fingerprint density at radius 3 is 1.76 bits per heavy atom. The number of carboxylic acid groups (broad SMARTS) is 1. The minimum Gasteiger partial charge on any atom is -0.481 e. The van der Waals surface area contributed by atoms with Crippen molar-refractivity contribution in [2.45, 2.75) is 85.5 Å². The SMILES string of the molecule is CC(C)(CO)S(N)(=O)=O.CCN(C)COC(C)(C)CC(C)(C)CC(C)(C)C(=O)O. The number of sulfonamides is 1. The van der Waals surface area contributed by atoms with Crippen molar-refractivity contribution in [3.63, 3.8) is 0 Å². The zero-order valence-electron chi connectivity index (χ0n) is 20.0. The molecule has 0 aliphatic heterocycles. The van der Waals surface area contributed by atoms with Crippen LogP contribution in [0.1, 0.15) is 75.2 Å². The molecule has 0 rings (SSSR count). The second-order valence-electron chi connectivity index (χ2n) is 10.4. The first-order chi connectivity index (χ1) is 12.6. The Balaban J connectivity index is 0. The molecule has 29 heavy (non-hydrogen) atoms. The molecule has 0 aromatic carbocycles. The molecule has 0 amide bonds. The van der Waals surface area contributed by atoms with Gasteiger partial charge in [0.1, 0.15) is 4.75 Å². The van der Waals surface area contributed by atoms with Gasteiger partial charge >= 0.3 is 5.97 Å². The second kappa shape index (κ2) is 11.0. The highest BCUT2D eigenvalue weighted by Crippen LogP contribution is 2.40. The number of carboxylic acids is 1. The summed E-state index contributed by atoms with van der Waals surface area (Å²) in [4.78, 5) is 13.4. The van der Waals surface area contributed by atoms with E-state index in [9.17, 15) is 18.3 Å². The molecule has 8 nitrogen and oxygen atoms in total.